The molecule has 1 atom stereocenters. The Morgan fingerprint density at radius 1 is 0.950 bits per heavy atom. The molecule has 1 amide bonds. The first-order valence-electron chi connectivity index (χ1n) is 14.4. The lowest BCUT2D eigenvalue weighted by molar-refractivity contribution is -0.137. The van der Waals surface area contributed by atoms with Gasteiger partial charge >= 0.3 is 5.97 Å². The molecule has 6 heterocycles. The van der Waals surface area contributed by atoms with Gasteiger partial charge in [0, 0.05) is 31.1 Å². The fourth-order valence-corrected chi connectivity index (χ4v) is 6.51. The summed E-state index contributed by atoms with van der Waals surface area (Å²) in [6.45, 7) is 6.07. The van der Waals surface area contributed by atoms with Gasteiger partial charge in [-0.2, -0.15) is 0 Å². The van der Waals surface area contributed by atoms with E-state index < -0.39 is 5.97 Å². The molecule has 7 nitrogen and oxygen atoms in total. The van der Waals surface area contributed by atoms with Crippen molar-refractivity contribution in [3.8, 4) is 0 Å². The van der Waals surface area contributed by atoms with Crippen molar-refractivity contribution in [3.05, 3.63) is 93.0 Å². The average molecular weight is 537 g/mol. The third-order valence-electron chi connectivity index (χ3n) is 8.78. The van der Waals surface area contributed by atoms with Crippen molar-refractivity contribution >= 4 is 22.9 Å². The molecule has 40 heavy (non-hydrogen) atoms. The second-order valence-corrected chi connectivity index (χ2v) is 11.4. The predicted molar refractivity (Wildman–Crippen MR) is 155 cm³/mol. The number of benzene rings is 3. The Balaban J connectivity index is 1.42. The van der Waals surface area contributed by atoms with E-state index in [0.717, 1.165) is 89.5 Å². The molecule has 0 unspecified atom stereocenters. The highest BCUT2D eigenvalue weighted by Crippen LogP contribution is 2.35. The highest BCUT2D eigenvalue weighted by atomic mass is 16.4. The van der Waals surface area contributed by atoms with Gasteiger partial charge in [-0.25, -0.2) is 4.68 Å². The SMILES string of the molecule is Cc1cc2ccc1C(=O)N1CCc3ccc(cc3C1)[C@@H](CC(=O)O)c1ccc3c(nnn3CCCCCC2)c1C. The van der Waals surface area contributed by atoms with Crippen LogP contribution in [0.4, 0.5) is 0 Å². The first-order chi connectivity index (χ1) is 19.4. The highest BCUT2D eigenvalue weighted by Gasteiger charge is 2.27. The molecule has 9 rings (SSSR count). The molecule has 4 aromatic rings. The normalized spacial score (nSPS) is 17.9. The van der Waals surface area contributed by atoms with E-state index in [2.05, 4.69) is 46.7 Å². The van der Waals surface area contributed by atoms with Gasteiger partial charge in [0.05, 0.1) is 11.9 Å². The maximum Gasteiger partial charge on any atom is 0.304 e. The Morgan fingerprint density at radius 2 is 1.80 bits per heavy atom. The van der Waals surface area contributed by atoms with Gasteiger partial charge in [-0.15, -0.1) is 5.10 Å². The lowest BCUT2D eigenvalue weighted by atomic mass is 9.83. The minimum Gasteiger partial charge on any atom is -0.481 e. The molecule has 0 radical (unpaired) electrons. The number of nitrogens with zero attached hydrogens (tertiary/aromatic N) is 4. The molecule has 0 saturated heterocycles. The van der Waals surface area contributed by atoms with E-state index in [1.165, 1.54) is 11.1 Å². The zero-order chi connectivity index (χ0) is 27.8. The van der Waals surface area contributed by atoms with E-state index in [4.69, 9.17) is 0 Å². The van der Waals surface area contributed by atoms with Crippen LogP contribution in [0.1, 0.15) is 87.3 Å². The van der Waals surface area contributed by atoms with Gasteiger partial charge in [-0.3, -0.25) is 9.59 Å². The van der Waals surface area contributed by atoms with Gasteiger partial charge in [-0.1, -0.05) is 54.5 Å². The van der Waals surface area contributed by atoms with E-state index in [9.17, 15) is 14.7 Å². The summed E-state index contributed by atoms with van der Waals surface area (Å²) in [5.74, 6) is -1.10. The molecule has 1 N–H and O–H groups in total. The second kappa shape index (κ2) is 10.9. The summed E-state index contributed by atoms with van der Waals surface area (Å²) in [5.41, 5.74) is 10.1. The van der Waals surface area contributed by atoms with Crippen molar-refractivity contribution in [2.75, 3.05) is 6.54 Å². The molecule has 5 aliphatic heterocycles. The van der Waals surface area contributed by atoms with Crippen molar-refractivity contribution in [2.24, 2.45) is 0 Å². The van der Waals surface area contributed by atoms with Gasteiger partial charge in [0.1, 0.15) is 5.52 Å². The van der Waals surface area contributed by atoms with Crippen LogP contribution in [-0.2, 0) is 30.7 Å². The molecule has 1 aromatic heterocycles. The Morgan fingerprint density at radius 3 is 2.62 bits per heavy atom. The van der Waals surface area contributed by atoms with Crippen LogP contribution in [0.3, 0.4) is 0 Å². The number of rotatable bonds is 2. The number of hydrogen-bond donors (Lipinski definition) is 1. The minimum absolute atomic E-state index is 0.0204. The monoisotopic (exact) mass is 536 g/mol. The molecular formula is C33H36N4O3. The third-order valence-corrected chi connectivity index (χ3v) is 8.78. The van der Waals surface area contributed by atoms with E-state index in [1.807, 2.05) is 35.6 Å². The molecule has 7 heteroatoms. The molecule has 5 aliphatic rings. The van der Waals surface area contributed by atoms with E-state index >= 15 is 0 Å². The topological polar surface area (TPSA) is 88.3 Å². The quantitative estimate of drug-likeness (QED) is 0.341. The molecule has 0 aliphatic carbocycles. The lowest BCUT2D eigenvalue weighted by Crippen LogP contribution is -2.36. The van der Waals surface area contributed by atoms with Gasteiger partial charge < -0.3 is 10.0 Å². The van der Waals surface area contributed by atoms with Gasteiger partial charge in [0.15, 0.2) is 0 Å². The van der Waals surface area contributed by atoms with Crippen LogP contribution in [0.2, 0.25) is 0 Å². The van der Waals surface area contributed by atoms with Crippen molar-refractivity contribution in [1.82, 2.24) is 19.9 Å². The number of aliphatic carboxylic acids is 1. The zero-order valence-corrected chi connectivity index (χ0v) is 23.3. The van der Waals surface area contributed by atoms with Crippen molar-refractivity contribution in [2.45, 2.75) is 77.8 Å². The standard InChI is InChI=1S/C33H36N4O3/c1-21-17-23-7-5-3-4-6-15-37-30-13-12-28(22(2)32(30)34-35-37)29(19-31(38)39)25-10-9-24-14-16-36(20-26(24)18-25)33(40)27(21)11-8-23/h8-13,17-18,29H,3-7,14-16,19-20H2,1-2H3,(H,38,39)/t29-/m1/s1. The molecular weight excluding hydrogens is 500 g/mol. The van der Waals surface area contributed by atoms with Crippen LogP contribution in [-0.4, -0.2) is 43.4 Å². The van der Waals surface area contributed by atoms with Gasteiger partial charge in [0.2, 0.25) is 0 Å². The highest BCUT2D eigenvalue weighted by molar-refractivity contribution is 5.96. The number of carboxylic acid groups (broad SMARTS) is 1. The fourth-order valence-electron chi connectivity index (χ4n) is 6.51. The smallest absolute Gasteiger partial charge is 0.304 e. The Bertz CT molecular complexity index is 1610. The number of carboxylic acids is 1. The van der Waals surface area contributed by atoms with Crippen molar-refractivity contribution in [1.29, 1.82) is 0 Å². The Hall–Kier alpha value is -4.00. The summed E-state index contributed by atoms with van der Waals surface area (Å²) in [6, 6.07) is 16.7. The molecule has 9 bridgehead atoms. The first kappa shape index (κ1) is 26.2. The predicted octanol–water partition coefficient (Wildman–Crippen LogP) is 5.97. The molecule has 206 valence electrons. The zero-order valence-electron chi connectivity index (χ0n) is 23.3. The van der Waals surface area contributed by atoms with Gasteiger partial charge in [0.25, 0.3) is 5.91 Å². The number of aryl methyl sites for hydroxylation is 4. The molecule has 3 aromatic carbocycles. The summed E-state index contributed by atoms with van der Waals surface area (Å²) in [6.07, 6.45) is 6.18. The second-order valence-electron chi connectivity index (χ2n) is 11.4. The minimum atomic E-state index is -0.844. The maximum atomic E-state index is 13.6. The number of carbonyl (C=O) groups excluding carboxylic acids is 1. The third kappa shape index (κ3) is 5.01. The first-order valence-corrected chi connectivity index (χ1v) is 14.4. The Kier molecular flexibility index (Phi) is 7.13. The largest absolute Gasteiger partial charge is 0.481 e. The van der Waals surface area contributed by atoms with Crippen molar-refractivity contribution in [3.63, 3.8) is 0 Å². The van der Waals surface area contributed by atoms with Crippen LogP contribution in [0.25, 0.3) is 11.0 Å². The number of hydrogen-bond acceptors (Lipinski definition) is 4. The van der Waals surface area contributed by atoms with Crippen LogP contribution >= 0.6 is 0 Å². The number of aromatic nitrogens is 3. The summed E-state index contributed by atoms with van der Waals surface area (Å²) in [5, 5.41) is 18.9. The van der Waals surface area contributed by atoms with Crippen LogP contribution in [0.15, 0.2) is 48.5 Å². The van der Waals surface area contributed by atoms with Gasteiger partial charge in [-0.05, 0) is 90.6 Å². The Labute approximate surface area is 234 Å². The van der Waals surface area contributed by atoms with E-state index in [-0.39, 0.29) is 18.2 Å². The molecule has 0 spiro atoms. The summed E-state index contributed by atoms with van der Waals surface area (Å²) in [4.78, 5) is 27.6. The van der Waals surface area contributed by atoms with Crippen molar-refractivity contribution < 1.29 is 14.7 Å². The van der Waals surface area contributed by atoms with Crippen LogP contribution in [0, 0.1) is 13.8 Å². The maximum absolute atomic E-state index is 13.6. The number of amides is 1. The van der Waals surface area contributed by atoms with E-state index in [1.54, 1.807) is 0 Å². The van der Waals surface area contributed by atoms with E-state index in [0.29, 0.717) is 13.1 Å². The average Bonchev–Trinajstić information content (AvgIpc) is 3.36. The molecule has 0 fully saturated rings. The molecule has 0 saturated carbocycles. The summed E-state index contributed by atoms with van der Waals surface area (Å²) >= 11 is 0. The lowest BCUT2D eigenvalue weighted by Gasteiger charge is -2.30. The summed E-state index contributed by atoms with van der Waals surface area (Å²) < 4.78 is 1.98. The number of carbonyl (C=O) groups is 2. The van der Waals surface area contributed by atoms with Crippen LogP contribution < -0.4 is 0 Å². The summed E-state index contributed by atoms with van der Waals surface area (Å²) in [7, 11) is 0. The van der Waals surface area contributed by atoms with Crippen LogP contribution in [0.5, 0.6) is 0 Å². The fraction of sp³-hybridized carbons (Fsp3) is 0.394.